The Kier molecular flexibility index (Phi) is 10.4. The van der Waals surface area contributed by atoms with Gasteiger partial charge in [0.05, 0.1) is 12.9 Å². The van der Waals surface area contributed by atoms with E-state index in [2.05, 4.69) is 103 Å². The second kappa shape index (κ2) is 13.6. The molecule has 264 valence electrons. The summed E-state index contributed by atoms with van der Waals surface area (Å²) in [6.45, 7) is 27.4. The third-order valence-corrected chi connectivity index (χ3v) is 21.3. The lowest BCUT2D eigenvalue weighted by atomic mass is 10.1. The van der Waals surface area contributed by atoms with E-state index in [0.29, 0.717) is 45.8 Å². The number of imidazole rings is 1. The molecule has 13 heteroatoms. The van der Waals surface area contributed by atoms with Crippen LogP contribution in [0.5, 0.6) is 0 Å². The van der Waals surface area contributed by atoms with Gasteiger partial charge in [-0.3, -0.25) is 9.36 Å². The molecule has 0 bridgehead atoms. The topological polar surface area (TPSA) is 119 Å². The number of carbonyl (C=O) groups is 1. The molecule has 1 N–H and O–H groups in total. The molecule has 2 fully saturated rings. The van der Waals surface area contributed by atoms with Gasteiger partial charge in [-0.25, -0.2) is 15.0 Å². The Morgan fingerprint density at radius 1 is 0.979 bits per heavy atom. The first kappa shape index (κ1) is 36.7. The fraction of sp³-hybridized carbons (Fsp3) is 0.657. The Balaban J connectivity index is 1.51. The smallest absolute Gasteiger partial charge is 0.349 e. The first-order valence-electron chi connectivity index (χ1n) is 17.2. The fourth-order valence-electron chi connectivity index (χ4n) is 8.34. The van der Waals surface area contributed by atoms with E-state index in [1.807, 2.05) is 22.8 Å². The summed E-state index contributed by atoms with van der Waals surface area (Å²) in [5.41, 5.74) is 2.70. The van der Waals surface area contributed by atoms with Gasteiger partial charge in [0.2, 0.25) is 8.32 Å². The number of carbonyl (C=O) groups excluding carboxylic acids is 1. The average molecular weight is 698 g/mol. The van der Waals surface area contributed by atoms with Crippen molar-refractivity contribution >= 4 is 39.8 Å². The summed E-state index contributed by atoms with van der Waals surface area (Å²) >= 11 is 0. The van der Waals surface area contributed by atoms with Crippen molar-refractivity contribution in [2.45, 2.75) is 134 Å². The summed E-state index contributed by atoms with van der Waals surface area (Å²) in [4.78, 5) is 26.6. The number of nitrogens with one attached hydrogen (secondary N) is 1. The fourth-order valence-corrected chi connectivity index (χ4v) is 18.6. The molecular formula is C35H55N5O6Si2. The number of hydrogen-bond acceptors (Lipinski definition) is 9. The molecule has 3 aromatic rings. The van der Waals surface area contributed by atoms with Crippen molar-refractivity contribution < 1.29 is 27.5 Å². The number of nitrogens with zero attached hydrogens (tertiary/aromatic N) is 4. The third kappa shape index (κ3) is 6.43. The zero-order valence-corrected chi connectivity index (χ0v) is 32.7. The quantitative estimate of drug-likeness (QED) is 0.166. The van der Waals surface area contributed by atoms with Crippen molar-refractivity contribution in [3.05, 3.63) is 48.5 Å². The van der Waals surface area contributed by atoms with Gasteiger partial charge in [0, 0.05) is 15.6 Å². The highest BCUT2D eigenvalue weighted by atomic mass is 28.4. The lowest BCUT2D eigenvalue weighted by Gasteiger charge is -2.53. The highest BCUT2D eigenvalue weighted by molar-refractivity contribution is 6.77. The summed E-state index contributed by atoms with van der Waals surface area (Å²) in [7, 11) is -5.08. The van der Waals surface area contributed by atoms with Crippen LogP contribution < -0.4 is 5.32 Å². The van der Waals surface area contributed by atoms with E-state index < -0.39 is 35.3 Å². The summed E-state index contributed by atoms with van der Waals surface area (Å²) in [5.74, 6) is 0.0350. The Hall–Kier alpha value is -2.53. The lowest BCUT2D eigenvalue weighted by molar-refractivity contribution is -0.113. The summed E-state index contributed by atoms with van der Waals surface area (Å²) < 4.78 is 36.3. The molecule has 0 saturated carbocycles. The monoisotopic (exact) mass is 697 g/mol. The largest absolute Gasteiger partial charge is 0.394 e. The molecule has 1 aromatic carbocycles. The predicted molar refractivity (Wildman–Crippen MR) is 192 cm³/mol. The van der Waals surface area contributed by atoms with Crippen molar-refractivity contribution in [1.29, 1.82) is 0 Å². The minimum absolute atomic E-state index is 0.123. The van der Waals surface area contributed by atoms with Crippen LogP contribution in [0.1, 0.15) is 99.7 Å². The van der Waals surface area contributed by atoms with Crippen molar-refractivity contribution in [3.63, 3.8) is 0 Å². The van der Waals surface area contributed by atoms with Crippen molar-refractivity contribution in [2.75, 3.05) is 18.7 Å². The van der Waals surface area contributed by atoms with Crippen LogP contribution in [-0.4, -0.2) is 74.0 Å². The number of hydrogen-bond donors (Lipinski definition) is 1. The van der Waals surface area contributed by atoms with Crippen LogP contribution in [0.15, 0.2) is 43.0 Å². The zero-order chi connectivity index (χ0) is 35.2. The minimum atomic E-state index is -2.86. The van der Waals surface area contributed by atoms with Gasteiger partial charge < -0.3 is 28.1 Å². The normalized spacial score (nSPS) is 23.3. The van der Waals surface area contributed by atoms with Crippen LogP contribution in [0.2, 0.25) is 26.7 Å². The molecule has 4 atom stereocenters. The maximum absolute atomic E-state index is 13.0. The van der Waals surface area contributed by atoms with E-state index in [-0.39, 0.29) is 28.9 Å². The van der Waals surface area contributed by atoms with Crippen molar-refractivity contribution in [1.82, 2.24) is 19.5 Å². The number of aromatic nitrogens is 4. The van der Waals surface area contributed by atoms with Gasteiger partial charge in [0.1, 0.15) is 31.4 Å². The highest BCUT2D eigenvalue weighted by Crippen LogP contribution is 2.56. The van der Waals surface area contributed by atoms with E-state index in [9.17, 15) is 4.79 Å². The van der Waals surface area contributed by atoms with Crippen LogP contribution >= 0.6 is 0 Å². The summed E-state index contributed by atoms with van der Waals surface area (Å²) in [6.07, 6.45) is 1.15. The second-order valence-electron chi connectivity index (χ2n) is 16.2. The van der Waals surface area contributed by atoms with Crippen LogP contribution in [0.25, 0.3) is 11.2 Å². The number of benzene rings is 1. The Labute approximate surface area is 287 Å². The van der Waals surface area contributed by atoms with Gasteiger partial charge in [0.15, 0.2) is 23.2 Å². The third-order valence-electron chi connectivity index (χ3n) is 10.2. The highest BCUT2D eigenvalue weighted by Gasteiger charge is 2.65. The molecule has 0 aliphatic carbocycles. The molecule has 48 heavy (non-hydrogen) atoms. The first-order valence-corrected chi connectivity index (χ1v) is 21.2. The molecule has 2 aromatic heterocycles. The summed E-state index contributed by atoms with van der Waals surface area (Å²) in [6, 6.07) is 9.00. The maximum Gasteiger partial charge on any atom is 0.349 e. The molecule has 0 spiro atoms. The van der Waals surface area contributed by atoms with Crippen LogP contribution in [0.4, 0.5) is 5.82 Å². The van der Waals surface area contributed by atoms with Gasteiger partial charge in [-0.1, -0.05) is 101 Å². The number of ether oxygens (including phenoxy) is 2. The molecule has 11 nitrogen and oxygen atoms in total. The van der Waals surface area contributed by atoms with Gasteiger partial charge in [-0.2, -0.15) is 0 Å². The van der Waals surface area contributed by atoms with Gasteiger partial charge in [-0.15, -0.1) is 0 Å². The van der Waals surface area contributed by atoms with E-state index in [1.165, 1.54) is 6.33 Å². The van der Waals surface area contributed by atoms with Crippen molar-refractivity contribution in [3.8, 4) is 0 Å². The van der Waals surface area contributed by atoms with Gasteiger partial charge >= 0.3 is 8.56 Å². The number of amides is 1. The molecule has 2 aliphatic heterocycles. The Bertz CT molecular complexity index is 1530. The average Bonchev–Trinajstić information content (AvgIpc) is 3.59. The van der Waals surface area contributed by atoms with Gasteiger partial charge in [-0.05, 0) is 28.8 Å². The Morgan fingerprint density at radius 3 is 2.19 bits per heavy atom. The SMILES string of the molecule is CC(C)[Si](OCO[C@@H]1[C@@H]2O[Si](C(C)(C)C)(C(C)(C)C)OC[C@H]2O[C@H]1n1cnc2c(NC(=O)c3ccccc3)ncnc21)(C(C)C)C(C)C. The molecular weight excluding hydrogens is 643 g/mol. The molecule has 0 radical (unpaired) electrons. The van der Waals surface area contributed by atoms with E-state index in [4.69, 9.17) is 22.8 Å². The number of fused-ring (bicyclic) bond motifs is 2. The van der Waals surface area contributed by atoms with Crippen molar-refractivity contribution in [2.24, 2.45) is 0 Å². The minimum Gasteiger partial charge on any atom is -0.394 e. The first-order chi connectivity index (χ1) is 22.4. The molecule has 2 saturated heterocycles. The Morgan fingerprint density at radius 2 is 1.60 bits per heavy atom. The van der Waals surface area contributed by atoms with Gasteiger partial charge in [0.25, 0.3) is 5.91 Å². The van der Waals surface area contributed by atoms with Crippen LogP contribution in [0.3, 0.4) is 0 Å². The predicted octanol–water partition coefficient (Wildman–Crippen LogP) is 7.97. The summed E-state index contributed by atoms with van der Waals surface area (Å²) in [5, 5.41) is 2.47. The lowest BCUT2D eigenvalue weighted by Crippen LogP contribution is -2.65. The molecule has 1 amide bonds. The number of rotatable bonds is 10. The van der Waals surface area contributed by atoms with E-state index >= 15 is 0 Å². The van der Waals surface area contributed by atoms with Crippen LogP contribution in [-0.2, 0) is 22.8 Å². The second-order valence-corrected chi connectivity index (χ2v) is 26.4. The molecule has 0 unspecified atom stereocenters. The molecule has 4 heterocycles. The van der Waals surface area contributed by atoms with E-state index in [1.54, 1.807) is 18.5 Å². The standard InChI is InChI=1S/C35H55N5O6Si2/c1-22(2)47(23(3)4,24(5)6)44-21-42-29-28-26(18-43-48(46-28,34(7,8)9)35(10,11)12)45-33(29)40-20-38-27-30(36-19-37-31(27)40)39-32(41)25-16-14-13-15-17-25/h13-17,19-20,22-24,26,28-29,33H,18,21H2,1-12H3,(H,36,37,39,41)/t26-,28-,29-,33-/m1/s1. The molecule has 2 aliphatic rings. The number of anilines is 1. The van der Waals surface area contributed by atoms with Crippen LogP contribution in [0, 0.1) is 0 Å². The maximum atomic E-state index is 13.0. The van der Waals surface area contributed by atoms with E-state index in [0.717, 1.165) is 0 Å². The zero-order valence-electron chi connectivity index (χ0n) is 30.7. The molecule has 5 rings (SSSR count).